The van der Waals surface area contributed by atoms with Crippen molar-refractivity contribution in [2.75, 3.05) is 25.1 Å². The molecule has 0 aromatic carbocycles. The Morgan fingerprint density at radius 3 is 2.67 bits per heavy atom. The average Bonchev–Trinajstić information content (AvgIpc) is 2.39. The molecule has 1 aromatic heterocycles. The van der Waals surface area contributed by atoms with E-state index in [1.807, 2.05) is 18.2 Å². The number of anilines is 1. The Bertz CT molecular complexity index is 438. The molecule has 5 nitrogen and oxygen atoms in total. The quantitative estimate of drug-likeness (QED) is 0.629. The molecule has 1 fully saturated rings. The number of pyridine rings is 1. The van der Waals surface area contributed by atoms with Gasteiger partial charge in [-0.2, -0.15) is 4.98 Å². The Morgan fingerprint density at radius 1 is 1.44 bits per heavy atom. The zero-order valence-electron chi connectivity index (χ0n) is 10.9. The molecule has 5 heteroatoms. The Balaban J connectivity index is 2.07. The summed E-state index contributed by atoms with van der Waals surface area (Å²) in [5, 5.41) is 7.64. The summed E-state index contributed by atoms with van der Waals surface area (Å²) in [5.74, 6) is 1.85. The van der Waals surface area contributed by atoms with Crippen LogP contribution in [0.5, 0.6) is 5.88 Å². The molecule has 0 aliphatic carbocycles. The summed E-state index contributed by atoms with van der Waals surface area (Å²) in [6.45, 7) is 3.80. The first-order chi connectivity index (χ1) is 8.55. The highest BCUT2D eigenvalue weighted by Gasteiger charge is 2.33. The Morgan fingerprint density at radius 2 is 2.11 bits per heavy atom. The van der Waals surface area contributed by atoms with Crippen molar-refractivity contribution >= 4 is 11.7 Å². The number of nitrogens with zero attached hydrogens (tertiary/aromatic N) is 2. The van der Waals surface area contributed by atoms with Gasteiger partial charge in [-0.1, -0.05) is 13.0 Å². The van der Waals surface area contributed by atoms with Crippen LogP contribution in [0, 0.1) is 10.8 Å². The highest BCUT2D eigenvalue weighted by Crippen LogP contribution is 2.32. The van der Waals surface area contributed by atoms with E-state index in [0.717, 1.165) is 31.7 Å². The standard InChI is InChI=1S/C13H20N4O/c1-13(12(14)15)6-8-17(9-7-13)10-4-3-5-11(16-10)18-2/h3-5H,6-9H2,1-2H3,(H3,14,15). The van der Waals surface area contributed by atoms with Gasteiger partial charge in [0.05, 0.1) is 12.9 Å². The normalized spacial score (nSPS) is 18.4. The van der Waals surface area contributed by atoms with Crippen LogP contribution < -0.4 is 15.4 Å². The maximum Gasteiger partial charge on any atom is 0.214 e. The Kier molecular flexibility index (Phi) is 3.41. The third-order valence-electron chi connectivity index (χ3n) is 3.76. The van der Waals surface area contributed by atoms with Crippen LogP contribution in [-0.4, -0.2) is 31.0 Å². The lowest BCUT2D eigenvalue weighted by atomic mass is 9.79. The first kappa shape index (κ1) is 12.7. The van der Waals surface area contributed by atoms with E-state index >= 15 is 0 Å². The Hall–Kier alpha value is -1.78. The minimum Gasteiger partial charge on any atom is -0.481 e. The molecule has 0 saturated carbocycles. The summed E-state index contributed by atoms with van der Waals surface area (Å²) in [4.78, 5) is 6.64. The summed E-state index contributed by atoms with van der Waals surface area (Å²) in [7, 11) is 1.62. The van der Waals surface area contributed by atoms with Gasteiger partial charge in [0.1, 0.15) is 5.82 Å². The van der Waals surface area contributed by atoms with E-state index in [-0.39, 0.29) is 5.41 Å². The van der Waals surface area contributed by atoms with E-state index in [9.17, 15) is 0 Å². The lowest BCUT2D eigenvalue weighted by molar-refractivity contribution is 0.348. The largest absolute Gasteiger partial charge is 0.481 e. The maximum absolute atomic E-state index is 7.64. The maximum atomic E-state index is 7.64. The second kappa shape index (κ2) is 4.84. The van der Waals surface area contributed by atoms with Crippen LogP contribution in [0.25, 0.3) is 0 Å². The fraction of sp³-hybridized carbons (Fsp3) is 0.538. The van der Waals surface area contributed by atoms with Crippen molar-refractivity contribution in [3.63, 3.8) is 0 Å². The first-order valence-corrected chi connectivity index (χ1v) is 6.16. The van der Waals surface area contributed by atoms with Crippen molar-refractivity contribution in [1.82, 2.24) is 4.98 Å². The van der Waals surface area contributed by atoms with E-state index in [1.54, 1.807) is 7.11 Å². The summed E-state index contributed by atoms with van der Waals surface area (Å²) in [6, 6.07) is 5.77. The minimum absolute atomic E-state index is 0.157. The van der Waals surface area contributed by atoms with Crippen molar-refractivity contribution in [2.45, 2.75) is 19.8 Å². The van der Waals surface area contributed by atoms with E-state index in [4.69, 9.17) is 15.9 Å². The van der Waals surface area contributed by atoms with Crippen LogP contribution >= 0.6 is 0 Å². The van der Waals surface area contributed by atoms with Gasteiger partial charge in [-0.15, -0.1) is 0 Å². The minimum atomic E-state index is -0.157. The highest BCUT2D eigenvalue weighted by molar-refractivity contribution is 5.83. The van der Waals surface area contributed by atoms with E-state index in [1.165, 1.54) is 0 Å². The zero-order valence-corrected chi connectivity index (χ0v) is 10.9. The molecule has 0 spiro atoms. The molecule has 2 heterocycles. The summed E-state index contributed by atoms with van der Waals surface area (Å²) >= 11 is 0. The van der Waals surface area contributed by atoms with Gasteiger partial charge in [-0.05, 0) is 18.9 Å². The molecule has 0 atom stereocenters. The van der Waals surface area contributed by atoms with Crippen molar-refractivity contribution < 1.29 is 4.74 Å². The van der Waals surface area contributed by atoms with Crippen molar-refractivity contribution in [3.8, 4) is 5.88 Å². The highest BCUT2D eigenvalue weighted by atomic mass is 16.5. The number of hydrogen-bond acceptors (Lipinski definition) is 4. The topological polar surface area (TPSA) is 75.2 Å². The lowest BCUT2D eigenvalue weighted by Crippen LogP contribution is -2.45. The van der Waals surface area contributed by atoms with Gasteiger partial charge in [0.25, 0.3) is 0 Å². The van der Waals surface area contributed by atoms with Crippen LogP contribution in [0.2, 0.25) is 0 Å². The number of ether oxygens (including phenoxy) is 1. The smallest absolute Gasteiger partial charge is 0.214 e. The number of hydrogen-bond donors (Lipinski definition) is 2. The number of piperidine rings is 1. The predicted octanol–water partition coefficient (Wildman–Crippen LogP) is 1.63. The number of amidine groups is 1. The number of rotatable bonds is 3. The lowest BCUT2D eigenvalue weighted by Gasteiger charge is -2.39. The monoisotopic (exact) mass is 248 g/mol. The fourth-order valence-corrected chi connectivity index (χ4v) is 2.19. The number of nitrogens with one attached hydrogen (secondary N) is 1. The average molecular weight is 248 g/mol. The van der Waals surface area contributed by atoms with Crippen molar-refractivity contribution in [2.24, 2.45) is 11.1 Å². The second-order valence-electron chi connectivity index (χ2n) is 5.00. The summed E-state index contributed by atoms with van der Waals surface area (Å²) in [6.07, 6.45) is 1.78. The molecule has 3 N–H and O–H groups in total. The number of methoxy groups -OCH3 is 1. The van der Waals surface area contributed by atoms with Crippen molar-refractivity contribution in [1.29, 1.82) is 5.41 Å². The molecule has 0 radical (unpaired) electrons. The van der Waals surface area contributed by atoms with E-state index in [2.05, 4.69) is 16.8 Å². The molecule has 1 aliphatic heterocycles. The van der Waals surface area contributed by atoms with Gasteiger partial charge >= 0.3 is 0 Å². The van der Waals surface area contributed by atoms with Crippen LogP contribution in [0.1, 0.15) is 19.8 Å². The van der Waals surface area contributed by atoms with Gasteiger partial charge in [-0.3, -0.25) is 5.41 Å². The molecule has 1 aromatic rings. The SMILES string of the molecule is COc1cccc(N2CCC(C)(C(=N)N)CC2)n1. The molecule has 2 rings (SSSR count). The molecule has 1 saturated heterocycles. The molecule has 98 valence electrons. The molecule has 0 bridgehead atoms. The van der Waals surface area contributed by atoms with Gasteiger partial charge in [-0.25, -0.2) is 0 Å². The van der Waals surface area contributed by atoms with Gasteiger partial charge < -0.3 is 15.4 Å². The molecule has 0 unspecified atom stereocenters. The molecular formula is C13H20N4O. The number of nitrogens with two attached hydrogens (primary N) is 1. The first-order valence-electron chi connectivity index (χ1n) is 6.16. The van der Waals surface area contributed by atoms with Crippen molar-refractivity contribution in [3.05, 3.63) is 18.2 Å². The van der Waals surface area contributed by atoms with Crippen LogP contribution in [-0.2, 0) is 0 Å². The molecule has 0 amide bonds. The van der Waals surface area contributed by atoms with Gasteiger partial charge in [0, 0.05) is 24.6 Å². The molecule has 18 heavy (non-hydrogen) atoms. The van der Waals surface area contributed by atoms with Crippen LogP contribution in [0.3, 0.4) is 0 Å². The Labute approximate surface area is 107 Å². The van der Waals surface area contributed by atoms with Crippen LogP contribution in [0.15, 0.2) is 18.2 Å². The van der Waals surface area contributed by atoms with Gasteiger partial charge in [0.15, 0.2) is 0 Å². The predicted molar refractivity (Wildman–Crippen MR) is 72.3 cm³/mol. The van der Waals surface area contributed by atoms with E-state index < -0.39 is 0 Å². The van der Waals surface area contributed by atoms with Gasteiger partial charge in [0.2, 0.25) is 5.88 Å². The zero-order chi connectivity index (χ0) is 13.2. The molecule has 1 aliphatic rings. The summed E-state index contributed by atoms with van der Waals surface area (Å²) < 4.78 is 5.13. The third kappa shape index (κ3) is 2.39. The second-order valence-corrected chi connectivity index (χ2v) is 5.00. The summed E-state index contributed by atoms with van der Waals surface area (Å²) in [5.41, 5.74) is 5.50. The molecular weight excluding hydrogens is 228 g/mol. The fourth-order valence-electron chi connectivity index (χ4n) is 2.19. The van der Waals surface area contributed by atoms with E-state index in [0.29, 0.717) is 11.7 Å². The number of aromatic nitrogens is 1. The van der Waals surface area contributed by atoms with Crippen LogP contribution in [0.4, 0.5) is 5.82 Å². The third-order valence-corrected chi connectivity index (χ3v) is 3.76.